The van der Waals surface area contributed by atoms with Crippen LogP contribution in [0.1, 0.15) is 17.2 Å². The van der Waals surface area contributed by atoms with E-state index in [2.05, 4.69) is 0 Å². The van der Waals surface area contributed by atoms with Crippen molar-refractivity contribution in [2.75, 3.05) is 0 Å². The minimum atomic E-state index is -1.13. The van der Waals surface area contributed by atoms with Crippen LogP contribution >= 0.6 is 0 Å². The lowest BCUT2D eigenvalue weighted by atomic mass is 10.1. The van der Waals surface area contributed by atoms with E-state index < -0.39 is 17.7 Å². The number of benzene rings is 2. The third-order valence-corrected chi connectivity index (χ3v) is 3.50. The largest absolute Gasteiger partial charge is 0.478 e. The Kier molecular flexibility index (Phi) is 3.85. The average molecular weight is 310 g/mol. The van der Waals surface area contributed by atoms with Crippen LogP contribution in [-0.4, -0.2) is 11.1 Å². The quantitative estimate of drug-likeness (QED) is 0.748. The van der Waals surface area contributed by atoms with Crippen LogP contribution in [0.2, 0.25) is 0 Å². The Balaban J connectivity index is 1.99. The minimum Gasteiger partial charge on any atom is -0.478 e. The number of hydrogen-bond acceptors (Lipinski definition) is 4. The maximum absolute atomic E-state index is 11.5. The smallest absolute Gasteiger partial charge is 0.349 e. The molecule has 0 fully saturated rings. The summed E-state index contributed by atoms with van der Waals surface area (Å²) >= 11 is 0. The van der Waals surface area contributed by atoms with Gasteiger partial charge in [0.2, 0.25) is 6.10 Å². The molecule has 0 saturated carbocycles. The number of carboxylic acids is 1. The van der Waals surface area contributed by atoms with E-state index in [0.29, 0.717) is 16.9 Å². The molecule has 1 N–H and O–H groups in total. The van der Waals surface area contributed by atoms with E-state index in [-0.39, 0.29) is 0 Å². The highest BCUT2D eigenvalue weighted by Crippen LogP contribution is 2.26. The second kappa shape index (κ2) is 5.96. The van der Waals surface area contributed by atoms with Crippen molar-refractivity contribution in [1.29, 1.82) is 0 Å². The molecule has 0 amide bonds. The van der Waals surface area contributed by atoms with Crippen LogP contribution in [0.25, 0.3) is 11.0 Å². The Morgan fingerprint density at radius 2 is 1.87 bits per heavy atom. The standard InChI is InChI=1S/C18H14O5/c1-11-9-16(19)23-15-10-13(7-8-14(11)15)22-17(18(20)21)12-5-3-2-4-6-12/h2-10,17H,1H3,(H,20,21)/t17-/m1/s1. The summed E-state index contributed by atoms with van der Waals surface area (Å²) in [5, 5.41) is 10.2. The van der Waals surface area contributed by atoms with Crippen LogP contribution in [0.4, 0.5) is 0 Å². The van der Waals surface area contributed by atoms with Crippen molar-refractivity contribution in [1.82, 2.24) is 0 Å². The number of ether oxygens (including phenoxy) is 1. The van der Waals surface area contributed by atoms with Crippen molar-refractivity contribution in [3.8, 4) is 5.75 Å². The maximum atomic E-state index is 11.5. The lowest BCUT2D eigenvalue weighted by Crippen LogP contribution is -2.18. The molecule has 0 radical (unpaired) electrons. The van der Waals surface area contributed by atoms with Gasteiger partial charge in [0, 0.05) is 23.1 Å². The summed E-state index contributed by atoms with van der Waals surface area (Å²) in [6, 6.07) is 15.0. The van der Waals surface area contributed by atoms with Crippen molar-refractivity contribution < 1.29 is 19.1 Å². The molecule has 0 aliphatic heterocycles. The van der Waals surface area contributed by atoms with E-state index in [0.717, 1.165) is 10.9 Å². The number of fused-ring (bicyclic) bond motifs is 1. The van der Waals surface area contributed by atoms with Gasteiger partial charge in [0.25, 0.3) is 0 Å². The van der Waals surface area contributed by atoms with Crippen molar-refractivity contribution >= 4 is 16.9 Å². The van der Waals surface area contributed by atoms with E-state index >= 15 is 0 Å². The molecule has 3 rings (SSSR count). The van der Waals surface area contributed by atoms with Gasteiger partial charge < -0.3 is 14.3 Å². The van der Waals surface area contributed by atoms with Crippen LogP contribution in [0.3, 0.4) is 0 Å². The molecular formula is C18H14O5. The topological polar surface area (TPSA) is 76.7 Å². The van der Waals surface area contributed by atoms with Crippen molar-refractivity contribution in [3.63, 3.8) is 0 Å². The summed E-state index contributed by atoms with van der Waals surface area (Å²) in [7, 11) is 0. The molecule has 3 aromatic rings. The van der Waals surface area contributed by atoms with Gasteiger partial charge in [0.15, 0.2) is 0 Å². The Morgan fingerprint density at radius 3 is 2.57 bits per heavy atom. The number of aliphatic carboxylic acids is 1. The van der Waals surface area contributed by atoms with E-state index in [9.17, 15) is 14.7 Å². The molecule has 5 heteroatoms. The Hall–Kier alpha value is -3.08. The number of aryl methyl sites for hydroxylation is 1. The van der Waals surface area contributed by atoms with E-state index in [1.54, 1.807) is 42.5 Å². The molecule has 0 spiro atoms. The second-order valence-electron chi connectivity index (χ2n) is 5.15. The lowest BCUT2D eigenvalue weighted by Gasteiger charge is -2.15. The number of carbonyl (C=O) groups is 1. The van der Waals surface area contributed by atoms with Crippen LogP contribution in [0.5, 0.6) is 5.75 Å². The predicted octanol–water partition coefficient (Wildman–Crippen LogP) is 3.31. The molecule has 1 heterocycles. The maximum Gasteiger partial charge on any atom is 0.349 e. The molecule has 0 bridgehead atoms. The summed E-state index contributed by atoms with van der Waals surface area (Å²) in [4.78, 5) is 22.9. The Labute approximate surface area is 131 Å². The van der Waals surface area contributed by atoms with Gasteiger partial charge in [-0.2, -0.15) is 0 Å². The van der Waals surface area contributed by atoms with Crippen molar-refractivity contribution in [2.24, 2.45) is 0 Å². The van der Waals surface area contributed by atoms with Gasteiger partial charge in [-0.15, -0.1) is 0 Å². The predicted molar refractivity (Wildman–Crippen MR) is 84.7 cm³/mol. The van der Waals surface area contributed by atoms with Crippen molar-refractivity contribution in [3.05, 3.63) is 76.1 Å². The highest BCUT2D eigenvalue weighted by Gasteiger charge is 2.21. The van der Waals surface area contributed by atoms with Gasteiger partial charge in [-0.3, -0.25) is 0 Å². The SMILES string of the molecule is Cc1cc(=O)oc2cc(O[C@@H](C(=O)O)c3ccccc3)ccc12. The molecule has 116 valence electrons. The third-order valence-electron chi connectivity index (χ3n) is 3.50. The van der Waals surface area contributed by atoms with E-state index in [1.165, 1.54) is 12.1 Å². The minimum absolute atomic E-state index is 0.322. The molecule has 0 aliphatic carbocycles. The summed E-state index contributed by atoms with van der Waals surface area (Å²) in [6.45, 7) is 1.81. The van der Waals surface area contributed by atoms with E-state index in [4.69, 9.17) is 9.15 Å². The van der Waals surface area contributed by atoms with Gasteiger partial charge in [0.1, 0.15) is 11.3 Å². The molecule has 1 atom stereocenters. The Bertz CT molecular complexity index is 912. The summed E-state index contributed by atoms with van der Waals surface area (Å²) in [6.07, 6.45) is -1.13. The first-order chi connectivity index (χ1) is 11.0. The van der Waals surface area contributed by atoms with Crippen LogP contribution in [0.15, 0.2) is 63.8 Å². The second-order valence-corrected chi connectivity index (χ2v) is 5.15. The highest BCUT2D eigenvalue weighted by atomic mass is 16.5. The first-order valence-electron chi connectivity index (χ1n) is 7.03. The molecule has 1 aromatic heterocycles. The van der Waals surface area contributed by atoms with Gasteiger partial charge in [-0.05, 0) is 24.6 Å². The monoisotopic (exact) mass is 310 g/mol. The molecule has 0 unspecified atom stereocenters. The summed E-state index contributed by atoms with van der Waals surface area (Å²) in [5.41, 5.74) is 1.24. The van der Waals surface area contributed by atoms with Crippen LogP contribution in [0, 0.1) is 6.92 Å². The molecule has 23 heavy (non-hydrogen) atoms. The molecule has 0 saturated heterocycles. The van der Waals surface area contributed by atoms with E-state index in [1.807, 2.05) is 6.92 Å². The fourth-order valence-electron chi connectivity index (χ4n) is 2.40. The first kappa shape index (κ1) is 14.8. The first-order valence-corrected chi connectivity index (χ1v) is 7.03. The van der Waals surface area contributed by atoms with Crippen LogP contribution in [-0.2, 0) is 4.79 Å². The Morgan fingerprint density at radius 1 is 1.13 bits per heavy atom. The fraction of sp³-hybridized carbons (Fsp3) is 0.111. The third kappa shape index (κ3) is 3.08. The average Bonchev–Trinajstić information content (AvgIpc) is 2.52. The van der Waals surface area contributed by atoms with Gasteiger partial charge >= 0.3 is 11.6 Å². The lowest BCUT2D eigenvalue weighted by molar-refractivity contribution is -0.145. The highest BCUT2D eigenvalue weighted by molar-refractivity contribution is 5.81. The normalized spacial score (nSPS) is 12.0. The molecular weight excluding hydrogens is 296 g/mol. The number of rotatable bonds is 4. The summed E-state index contributed by atoms with van der Waals surface area (Å²) in [5.74, 6) is -0.774. The van der Waals surface area contributed by atoms with Crippen molar-refractivity contribution in [2.45, 2.75) is 13.0 Å². The zero-order valence-electron chi connectivity index (χ0n) is 12.4. The molecule has 2 aromatic carbocycles. The zero-order valence-corrected chi connectivity index (χ0v) is 12.4. The van der Waals surface area contributed by atoms with Gasteiger partial charge in [0.05, 0.1) is 0 Å². The number of hydrogen-bond donors (Lipinski definition) is 1. The van der Waals surface area contributed by atoms with Crippen LogP contribution < -0.4 is 10.4 Å². The van der Waals surface area contributed by atoms with Gasteiger partial charge in [-0.1, -0.05) is 30.3 Å². The molecule has 0 aliphatic rings. The fourth-order valence-corrected chi connectivity index (χ4v) is 2.40. The summed E-state index contributed by atoms with van der Waals surface area (Å²) < 4.78 is 10.7. The number of carboxylic acid groups (broad SMARTS) is 1. The molecule has 5 nitrogen and oxygen atoms in total. The van der Waals surface area contributed by atoms with Gasteiger partial charge in [-0.25, -0.2) is 9.59 Å². The zero-order chi connectivity index (χ0) is 16.4.